The summed E-state index contributed by atoms with van der Waals surface area (Å²) in [6.45, 7) is 2.92. The zero-order valence-corrected chi connectivity index (χ0v) is 22.7. The Morgan fingerprint density at radius 3 is 1.32 bits per heavy atom. The Labute approximate surface area is 221 Å². The summed E-state index contributed by atoms with van der Waals surface area (Å²) in [5, 5.41) is 24.4. The smallest absolute Gasteiger partial charge is 0.331 e. The number of rotatable bonds is 15. The molecule has 0 aromatic heterocycles. The van der Waals surface area contributed by atoms with Gasteiger partial charge in [0.15, 0.2) is 12.1 Å². The Balaban J connectivity index is 2.93. The van der Waals surface area contributed by atoms with Crippen LogP contribution in [0.3, 0.4) is 0 Å². The van der Waals surface area contributed by atoms with Crippen LogP contribution < -0.4 is 10.6 Å². The van der Waals surface area contributed by atoms with E-state index in [0.29, 0.717) is 12.8 Å². The summed E-state index contributed by atoms with van der Waals surface area (Å²) in [6, 6.07) is -2.56. The van der Waals surface area contributed by atoms with Crippen LogP contribution in [-0.4, -0.2) is 71.5 Å². The van der Waals surface area contributed by atoms with Crippen molar-refractivity contribution in [1.82, 2.24) is 10.6 Å². The molecular formula is C27H48N2O8. The molecule has 0 aliphatic carbocycles. The predicted octanol–water partition coefficient (Wildman–Crippen LogP) is 2.67. The highest BCUT2D eigenvalue weighted by atomic mass is 16.6. The number of esters is 2. The van der Waals surface area contributed by atoms with Gasteiger partial charge in [-0.25, -0.2) is 9.59 Å². The Kier molecular flexibility index (Phi) is 17.6. The van der Waals surface area contributed by atoms with Gasteiger partial charge in [-0.3, -0.25) is 9.59 Å². The van der Waals surface area contributed by atoms with Crippen molar-refractivity contribution >= 4 is 23.8 Å². The van der Waals surface area contributed by atoms with Gasteiger partial charge in [-0.05, 0) is 25.7 Å². The molecule has 0 saturated carbocycles. The number of nitrogens with one attached hydrogen (secondary N) is 2. The van der Waals surface area contributed by atoms with Gasteiger partial charge >= 0.3 is 11.9 Å². The third-order valence-corrected chi connectivity index (χ3v) is 6.51. The second-order valence-electron chi connectivity index (χ2n) is 9.89. The molecule has 0 bridgehead atoms. The molecule has 1 aliphatic rings. The molecule has 4 atom stereocenters. The van der Waals surface area contributed by atoms with Gasteiger partial charge in [0.2, 0.25) is 11.8 Å². The molecule has 1 rings (SSSR count). The van der Waals surface area contributed by atoms with E-state index in [9.17, 15) is 29.4 Å². The van der Waals surface area contributed by atoms with Crippen LogP contribution in [0, 0.1) is 0 Å². The van der Waals surface area contributed by atoms with E-state index >= 15 is 0 Å². The van der Waals surface area contributed by atoms with Gasteiger partial charge in [0.25, 0.3) is 0 Å². The Hall–Kier alpha value is -2.20. The normalized spacial score (nSPS) is 24.0. The number of ether oxygens (including phenoxy) is 2. The second kappa shape index (κ2) is 19.9. The Morgan fingerprint density at radius 1 is 0.622 bits per heavy atom. The van der Waals surface area contributed by atoms with Crippen molar-refractivity contribution in [2.75, 3.05) is 13.2 Å². The molecule has 1 saturated heterocycles. The van der Waals surface area contributed by atoms with Crippen LogP contribution in [0.1, 0.15) is 110 Å². The Bertz CT molecular complexity index is 687. The lowest BCUT2D eigenvalue weighted by Gasteiger charge is -2.25. The molecular weight excluding hydrogens is 480 g/mol. The first-order valence-electron chi connectivity index (χ1n) is 14.1. The topological polar surface area (TPSA) is 151 Å². The molecule has 0 unspecified atom stereocenters. The maximum atomic E-state index is 12.7. The van der Waals surface area contributed by atoms with Gasteiger partial charge in [-0.1, -0.05) is 71.6 Å². The number of amides is 2. The van der Waals surface area contributed by atoms with E-state index in [1.807, 2.05) is 0 Å². The molecule has 4 N–H and O–H groups in total. The maximum Gasteiger partial charge on any atom is 0.331 e. The molecule has 0 aromatic carbocycles. The largest absolute Gasteiger partial charge is 0.460 e. The van der Waals surface area contributed by atoms with Crippen molar-refractivity contribution in [3.63, 3.8) is 0 Å². The van der Waals surface area contributed by atoms with Gasteiger partial charge in [0.05, 0.1) is 26.1 Å². The second-order valence-corrected chi connectivity index (χ2v) is 9.89. The van der Waals surface area contributed by atoms with Crippen molar-refractivity contribution in [2.45, 2.75) is 134 Å². The van der Waals surface area contributed by atoms with E-state index < -0.39 is 61.3 Å². The zero-order valence-electron chi connectivity index (χ0n) is 22.7. The lowest BCUT2D eigenvalue weighted by molar-refractivity contribution is -0.160. The van der Waals surface area contributed by atoms with Crippen molar-refractivity contribution < 1.29 is 38.9 Å². The minimum atomic E-state index is -1.28. The number of carbonyl (C=O) groups is 4. The Morgan fingerprint density at radius 2 is 0.973 bits per heavy atom. The zero-order chi connectivity index (χ0) is 27.5. The minimum Gasteiger partial charge on any atom is -0.460 e. The van der Waals surface area contributed by atoms with Crippen LogP contribution >= 0.6 is 0 Å². The number of aliphatic hydroxyl groups excluding tert-OH is 2. The van der Waals surface area contributed by atoms with Crippen LogP contribution in [0.4, 0.5) is 0 Å². The van der Waals surface area contributed by atoms with Crippen molar-refractivity contribution in [1.29, 1.82) is 0 Å². The minimum absolute atomic E-state index is 0.211. The molecule has 10 nitrogen and oxygen atoms in total. The summed E-state index contributed by atoms with van der Waals surface area (Å²) in [4.78, 5) is 50.8. The van der Waals surface area contributed by atoms with E-state index in [1.54, 1.807) is 0 Å². The first-order valence-corrected chi connectivity index (χ1v) is 14.1. The summed E-state index contributed by atoms with van der Waals surface area (Å²) >= 11 is 0. The maximum absolute atomic E-state index is 12.7. The SMILES string of the molecule is CCCCCCCC[C@@H]1CC(=O)N[C@@H](CO)C(=O)O[C@H](CCCCCCC)CC(=O)N[C@@H](CO)C(=O)O1. The first kappa shape index (κ1) is 32.8. The van der Waals surface area contributed by atoms with E-state index in [1.165, 1.54) is 0 Å². The predicted molar refractivity (Wildman–Crippen MR) is 138 cm³/mol. The van der Waals surface area contributed by atoms with E-state index in [-0.39, 0.29) is 12.8 Å². The summed E-state index contributed by atoms with van der Waals surface area (Å²) in [5.41, 5.74) is 0. The summed E-state index contributed by atoms with van der Waals surface area (Å²) < 4.78 is 11.0. The fourth-order valence-electron chi connectivity index (χ4n) is 4.30. The molecule has 2 amide bonds. The summed E-state index contributed by atoms with van der Waals surface area (Å²) in [5.74, 6) is -2.75. The standard InChI is InChI=1S/C27H48N2O8/c1-3-5-7-9-11-13-15-21-17-25(33)29-22(18-30)26(34)36-20(14-12-10-8-6-4-2)16-24(32)28-23(19-31)27(35)37-21/h20-23,30-31H,3-19H2,1-2H3,(H,28,32)(H,29,33)/t20-,21-,22+,23+/m1/s1. The molecule has 1 fully saturated rings. The number of carbonyl (C=O) groups excluding carboxylic acids is 4. The number of aliphatic hydroxyl groups is 2. The lowest BCUT2D eigenvalue weighted by Crippen LogP contribution is -2.49. The number of hydrogen-bond acceptors (Lipinski definition) is 8. The molecule has 37 heavy (non-hydrogen) atoms. The average Bonchev–Trinajstić information content (AvgIpc) is 2.86. The van der Waals surface area contributed by atoms with E-state index in [0.717, 1.165) is 70.6 Å². The number of hydrogen-bond donors (Lipinski definition) is 4. The van der Waals surface area contributed by atoms with Gasteiger partial charge in [-0.2, -0.15) is 0 Å². The van der Waals surface area contributed by atoms with E-state index in [2.05, 4.69) is 24.5 Å². The molecule has 1 aliphatic heterocycles. The number of cyclic esters (lactones) is 2. The van der Waals surface area contributed by atoms with Crippen LogP contribution in [0.15, 0.2) is 0 Å². The lowest BCUT2D eigenvalue weighted by atomic mass is 10.0. The third-order valence-electron chi connectivity index (χ3n) is 6.51. The number of unbranched alkanes of at least 4 members (excludes halogenated alkanes) is 9. The highest BCUT2D eigenvalue weighted by Gasteiger charge is 2.31. The van der Waals surface area contributed by atoms with E-state index in [4.69, 9.17) is 9.47 Å². The summed E-state index contributed by atoms with van der Waals surface area (Å²) in [7, 11) is 0. The third kappa shape index (κ3) is 14.4. The quantitative estimate of drug-likeness (QED) is 0.187. The first-order chi connectivity index (χ1) is 17.8. The molecule has 214 valence electrons. The van der Waals surface area contributed by atoms with Crippen LogP contribution in [0.25, 0.3) is 0 Å². The van der Waals surface area contributed by atoms with Crippen molar-refractivity contribution in [3.05, 3.63) is 0 Å². The van der Waals surface area contributed by atoms with Crippen LogP contribution in [0.2, 0.25) is 0 Å². The molecule has 10 heteroatoms. The van der Waals surface area contributed by atoms with Gasteiger partial charge < -0.3 is 30.3 Å². The fraction of sp³-hybridized carbons (Fsp3) is 0.852. The highest BCUT2D eigenvalue weighted by molar-refractivity contribution is 5.87. The molecule has 0 spiro atoms. The van der Waals surface area contributed by atoms with Gasteiger partial charge in [0.1, 0.15) is 12.2 Å². The molecule has 1 heterocycles. The van der Waals surface area contributed by atoms with Crippen LogP contribution in [0.5, 0.6) is 0 Å². The van der Waals surface area contributed by atoms with Gasteiger partial charge in [-0.15, -0.1) is 0 Å². The fourth-order valence-corrected chi connectivity index (χ4v) is 4.30. The average molecular weight is 529 g/mol. The van der Waals surface area contributed by atoms with Gasteiger partial charge in [0, 0.05) is 0 Å². The monoisotopic (exact) mass is 528 g/mol. The summed E-state index contributed by atoms with van der Waals surface area (Å²) in [6.07, 6.45) is 9.74. The van der Waals surface area contributed by atoms with Crippen molar-refractivity contribution in [3.8, 4) is 0 Å². The highest BCUT2D eigenvalue weighted by Crippen LogP contribution is 2.16. The molecule has 0 aromatic rings. The van der Waals surface area contributed by atoms with Crippen LogP contribution in [-0.2, 0) is 28.7 Å². The molecule has 0 radical (unpaired) electrons. The van der Waals surface area contributed by atoms with Crippen molar-refractivity contribution in [2.24, 2.45) is 0 Å².